The molecule has 0 aromatic carbocycles. The molecule has 22 heavy (non-hydrogen) atoms. The monoisotopic (exact) mass is 348 g/mol. The first-order valence-corrected chi connectivity index (χ1v) is 8.51. The molecule has 2 atom stereocenters. The van der Waals surface area contributed by atoms with Gasteiger partial charge in [-0.3, -0.25) is 4.99 Å². The average Bonchev–Trinajstić information content (AvgIpc) is 2.80. The Balaban J connectivity index is 2.93. The van der Waals surface area contributed by atoms with Gasteiger partial charge in [-0.05, 0) is 34.6 Å². The number of ether oxygens (including phenoxy) is 2. The third-order valence-electron chi connectivity index (χ3n) is 3.03. The van der Waals surface area contributed by atoms with Gasteiger partial charge in [-0.1, -0.05) is 0 Å². The minimum atomic E-state index is -0.936. The van der Waals surface area contributed by atoms with Gasteiger partial charge < -0.3 is 14.8 Å². The van der Waals surface area contributed by atoms with E-state index in [0.717, 1.165) is 0 Å². The fourth-order valence-corrected chi connectivity index (χ4v) is 3.44. The lowest BCUT2D eigenvalue weighted by atomic mass is 10.0. The highest BCUT2D eigenvalue weighted by molar-refractivity contribution is 8.14. The molecule has 0 aromatic rings. The number of thiol groups is 1. The van der Waals surface area contributed by atoms with Crippen LogP contribution in [0, 0.1) is 0 Å². The molecule has 0 spiro atoms. The Morgan fingerprint density at radius 3 is 2.45 bits per heavy atom. The fourth-order valence-electron chi connectivity index (χ4n) is 1.79. The van der Waals surface area contributed by atoms with Crippen LogP contribution in [-0.4, -0.2) is 52.4 Å². The van der Waals surface area contributed by atoms with Crippen molar-refractivity contribution in [1.29, 1.82) is 0 Å². The van der Waals surface area contributed by atoms with Crippen LogP contribution in [0.25, 0.3) is 0 Å². The summed E-state index contributed by atoms with van der Waals surface area (Å²) in [6.45, 7) is 8.90. The molecule has 0 bridgehead atoms. The SMILES string of the molecule is COC(=O)[C@]1(C)CSC([C@](C)(CS)NC(=O)OC(C)(C)C)=N1. The predicted molar refractivity (Wildman–Crippen MR) is 91.9 cm³/mol. The molecule has 1 aliphatic heterocycles. The number of hydrogen-bond donors (Lipinski definition) is 2. The van der Waals surface area contributed by atoms with Gasteiger partial charge in [-0.15, -0.1) is 11.8 Å². The van der Waals surface area contributed by atoms with Gasteiger partial charge in [0.2, 0.25) is 0 Å². The van der Waals surface area contributed by atoms with Crippen LogP contribution in [0.3, 0.4) is 0 Å². The Labute approximate surface area is 141 Å². The van der Waals surface area contributed by atoms with Crippen molar-refractivity contribution in [2.75, 3.05) is 18.6 Å². The zero-order chi connectivity index (χ0) is 17.2. The molecular formula is C14H24N2O4S2. The van der Waals surface area contributed by atoms with Gasteiger partial charge in [0, 0.05) is 11.5 Å². The van der Waals surface area contributed by atoms with E-state index >= 15 is 0 Å². The molecule has 1 N–H and O–H groups in total. The summed E-state index contributed by atoms with van der Waals surface area (Å²) in [6, 6.07) is 0. The number of aliphatic imine (C=N–C) groups is 1. The zero-order valence-corrected chi connectivity index (χ0v) is 15.6. The fraction of sp³-hybridized carbons (Fsp3) is 0.786. The Morgan fingerprint density at radius 1 is 1.41 bits per heavy atom. The molecule has 0 aliphatic carbocycles. The summed E-state index contributed by atoms with van der Waals surface area (Å²) in [6.07, 6.45) is -0.543. The van der Waals surface area contributed by atoms with E-state index in [9.17, 15) is 9.59 Å². The molecule has 6 nitrogen and oxygen atoms in total. The van der Waals surface area contributed by atoms with E-state index in [0.29, 0.717) is 16.5 Å². The van der Waals surface area contributed by atoms with Crippen LogP contribution in [0.5, 0.6) is 0 Å². The number of thioether (sulfide) groups is 1. The highest BCUT2D eigenvalue weighted by Gasteiger charge is 2.45. The molecule has 0 saturated carbocycles. The van der Waals surface area contributed by atoms with E-state index in [-0.39, 0.29) is 0 Å². The van der Waals surface area contributed by atoms with Crippen LogP contribution in [0.15, 0.2) is 4.99 Å². The zero-order valence-electron chi connectivity index (χ0n) is 13.8. The standard InChI is InChI=1S/C14H24N2O4S2/c1-12(2,3)20-11(18)16-13(4,7-21)9-15-14(5,8-22-9)10(17)19-6/h21H,7-8H2,1-6H3,(H,16,18)/t13-,14-/m0/s1. The smallest absolute Gasteiger partial charge is 0.408 e. The topological polar surface area (TPSA) is 77.0 Å². The Bertz CT molecular complexity index is 490. The molecule has 0 radical (unpaired) electrons. The quantitative estimate of drug-likeness (QED) is 0.602. The number of carbonyl (C=O) groups excluding carboxylic acids is 2. The van der Waals surface area contributed by atoms with Crippen LogP contribution in [0.2, 0.25) is 0 Å². The van der Waals surface area contributed by atoms with Crippen LogP contribution in [-0.2, 0) is 14.3 Å². The molecule has 0 fully saturated rings. The third kappa shape index (κ3) is 4.55. The summed E-state index contributed by atoms with van der Waals surface area (Å²) in [7, 11) is 1.34. The van der Waals surface area contributed by atoms with Crippen molar-refractivity contribution in [1.82, 2.24) is 5.32 Å². The summed E-state index contributed by atoms with van der Waals surface area (Å²) in [5.41, 5.74) is -2.33. The van der Waals surface area contributed by atoms with Gasteiger partial charge in [0.25, 0.3) is 0 Å². The van der Waals surface area contributed by atoms with Gasteiger partial charge >= 0.3 is 12.1 Å². The summed E-state index contributed by atoms with van der Waals surface area (Å²) in [5.74, 6) is 0.401. The molecule has 1 heterocycles. The number of amides is 1. The number of methoxy groups -OCH3 is 1. The number of carbonyl (C=O) groups is 2. The molecule has 0 unspecified atom stereocenters. The average molecular weight is 348 g/mol. The highest BCUT2D eigenvalue weighted by Crippen LogP contribution is 2.34. The molecular weight excluding hydrogens is 324 g/mol. The lowest BCUT2D eigenvalue weighted by molar-refractivity contribution is -0.145. The summed E-state index contributed by atoms with van der Waals surface area (Å²) in [5, 5.41) is 3.44. The maximum absolute atomic E-state index is 12.0. The Morgan fingerprint density at radius 2 is 2.00 bits per heavy atom. The van der Waals surface area contributed by atoms with Gasteiger partial charge in [0.15, 0.2) is 5.54 Å². The highest BCUT2D eigenvalue weighted by atomic mass is 32.2. The van der Waals surface area contributed by atoms with E-state index in [4.69, 9.17) is 9.47 Å². The predicted octanol–water partition coefficient (Wildman–Crippen LogP) is 2.28. The van der Waals surface area contributed by atoms with Crippen molar-refractivity contribution in [3.8, 4) is 0 Å². The molecule has 1 rings (SSSR count). The van der Waals surface area contributed by atoms with Crippen LogP contribution < -0.4 is 5.32 Å². The molecule has 1 aliphatic rings. The second-order valence-corrected chi connectivity index (χ2v) is 7.87. The van der Waals surface area contributed by atoms with E-state index < -0.39 is 28.7 Å². The lowest BCUT2D eigenvalue weighted by Gasteiger charge is -2.30. The molecule has 0 saturated heterocycles. The van der Waals surface area contributed by atoms with Gasteiger partial charge in [-0.25, -0.2) is 9.59 Å². The number of esters is 1. The van der Waals surface area contributed by atoms with Gasteiger partial charge in [-0.2, -0.15) is 12.6 Å². The van der Waals surface area contributed by atoms with Crippen molar-refractivity contribution < 1.29 is 19.1 Å². The van der Waals surface area contributed by atoms with E-state index in [1.165, 1.54) is 18.9 Å². The summed E-state index contributed by atoms with van der Waals surface area (Å²) in [4.78, 5) is 28.3. The molecule has 1 amide bonds. The lowest BCUT2D eigenvalue weighted by Crippen LogP contribution is -2.53. The first-order chi connectivity index (χ1) is 9.96. The van der Waals surface area contributed by atoms with Crippen LogP contribution in [0.4, 0.5) is 4.79 Å². The number of nitrogens with one attached hydrogen (secondary N) is 1. The van der Waals surface area contributed by atoms with Crippen molar-refractivity contribution in [2.24, 2.45) is 4.99 Å². The minimum absolute atomic E-state index is 0.329. The van der Waals surface area contributed by atoms with E-state index in [1.54, 1.807) is 34.6 Å². The van der Waals surface area contributed by atoms with Crippen LogP contribution >= 0.6 is 24.4 Å². The maximum Gasteiger partial charge on any atom is 0.408 e. The van der Waals surface area contributed by atoms with Crippen molar-refractivity contribution >= 4 is 41.5 Å². The molecule has 126 valence electrons. The van der Waals surface area contributed by atoms with E-state index in [1.807, 2.05) is 0 Å². The number of rotatable bonds is 4. The number of nitrogens with zero attached hydrogens (tertiary/aromatic N) is 1. The second-order valence-electron chi connectivity index (χ2n) is 6.59. The maximum atomic E-state index is 12.0. The largest absolute Gasteiger partial charge is 0.467 e. The number of alkyl carbamates (subject to hydrolysis) is 1. The first kappa shape index (κ1) is 19.2. The molecule has 8 heteroatoms. The first-order valence-electron chi connectivity index (χ1n) is 6.89. The van der Waals surface area contributed by atoms with Gasteiger partial charge in [0.05, 0.1) is 17.7 Å². The second kappa shape index (κ2) is 6.70. The van der Waals surface area contributed by atoms with Crippen molar-refractivity contribution in [3.63, 3.8) is 0 Å². The van der Waals surface area contributed by atoms with Crippen molar-refractivity contribution in [3.05, 3.63) is 0 Å². The molecule has 0 aromatic heterocycles. The Kier molecular flexibility index (Phi) is 5.83. The third-order valence-corrected chi connectivity index (χ3v) is 5.18. The number of hydrogen-bond acceptors (Lipinski definition) is 7. The Hall–Kier alpha value is -0.890. The summed E-state index contributed by atoms with van der Waals surface area (Å²) < 4.78 is 10.1. The van der Waals surface area contributed by atoms with Crippen molar-refractivity contribution in [2.45, 2.75) is 51.3 Å². The van der Waals surface area contributed by atoms with E-state index in [2.05, 4.69) is 22.9 Å². The van der Waals surface area contributed by atoms with Crippen LogP contribution in [0.1, 0.15) is 34.6 Å². The van der Waals surface area contributed by atoms with Gasteiger partial charge in [0.1, 0.15) is 5.60 Å². The summed E-state index contributed by atoms with van der Waals surface area (Å²) >= 11 is 5.73. The normalized spacial score (nSPS) is 24.2. The minimum Gasteiger partial charge on any atom is -0.467 e.